The highest BCUT2D eigenvalue weighted by molar-refractivity contribution is 5.89. The van der Waals surface area contributed by atoms with Crippen LogP contribution >= 0.6 is 0 Å². The van der Waals surface area contributed by atoms with Crippen molar-refractivity contribution in [1.29, 1.82) is 0 Å². The van der Waals surface area contributed by atoms with Crippen LogP contribution in [0.2, 0.25) is 0 Å². The summed E-state index contributed by atoms with van der Waals surface area (Å²) in [7, 11) is 0. The number of aryl methyl sites for hydroxylation is 1. The third kappa shape index (κ3) is 5.12. The SMILES string of the molecule is CCC(C)C(=O)OCCOC(=O)c1ccc(C)cc1. The minimum atomic E-state index is -0.403. The fourth-order valence-electron chi connectivity index (χ4n) is 1.36. The van der Waals surface area contributed by atoms with E-state index in [-0.39, 0.29) is 25.1 Å². The van der Waals surface area contributed by atoms with Crippen molar-refractivity contribution in [3.63, 3.8) is 0 Å². The average Bonchev–Trinajstić information content (AvgIpc) is 2.42. The van der Waals surface area contributed by atoms with Crippen molar-refractivity contribution in [2.24, 2.45) is 5.92 Å². The van der Waals surface area contributed by atoms with E-state index in [0.717, 1.165) is 12.0 Å². The third-order valence-electron chi connectivity index (χ3n) is 2.86. The van der Waals surface area contributed by atoms with Gasteiger partial charge < -0.3 is 9.47 Å². The summed E-state index contributed by atoms with van der Waals surface area (Å²) in [5.74, 6) is -0.777. The molecule has 0 aliphatic rings. The number of hydrogen-bond acceptors (Lipinski definition) is 4. The Labute approximate surface area is 113 Å². The Morgan fingerprint density at radius 1 is 1.11 bits per heavy atom. The largest absolute Gasteiger partial charge is 0.462 e. The van der Waals surface area contributed by atoms with Crippen LogP contribution in [0.4, 0.5) is 0 Å². The van der Waals surface area contributed by atoms with Crippen LogP contribution < -0.4 is 0 Å². The summed E-state index contributed by atoms with van der Waals surface area (Å²) in [5, 5.41) is 0. The molecule has 19 heavy (non-hydrogen) atoms. The predicted molar refractivity (Wildman–Crippen MR) is 71.9 cm³/mol. The number of carbonyl (C=O) groups is 2. The van der Waals surface area contributed by atoms with E-state index >= 15 is 0 Å². The monoisotopic (exact) mass is 264 g/mol. The highest BCUT2D eigenvalue weighted by atomic mass is 16.6. The van der Waals surface area contributed by atoms with Crippen molar-refractivity contribution in [2.75, 3.05) is 13.2 Å². The fraction of sp³-hybridized carbons (Fsp3) is 0.467. The maximum atomic E-state index is 11.6. The number of carbonyl (C=O) groups excluding carboxylic acids is 2. The van der Waals surface area contributed by atoms with Gasteiger partial charge in [-0.25, -0.2) is 4.79 Å². The molecular formula is C15H20O4. The van der Waals surface area contributed by atoms with E-state index < -0.39 is 5.97 Å². The summed E-state index contributed by atoms with van der Waals surface area (Å²) in [6, 6.07) is 7.12. The van der Waals surface area contributed by atoms with Crippen molar-refractivity contribution in [1.82, 2.24) is 0 Å². The molecule has 0 fully saturated rings. The summed E-state index contributed by atoms with van der Waals surface area (Å²) in [4.78, 5) is 23.0. The van der Waals surface area contributed by atoms with Gasteiger partial charge in [0, 0.05) is 0 Å². The lowest BCUT2D eigenvalue weighted by molar-refractivity contribution is -0.149. The summed E-state index contributed by atoms with van der Waals surface area (Å²) < 4.78 is 10.00. The smallest absolute Gasteiger partial charge is 0.338 e. The number of benzene rings is 1. The molecule has 0 heterocycles. The van der Waals surface area contributed by atoms with Gasteiger partial charge in [-0.05, 0) is 25.5 Å². The van der Waals surface area contributed by atoms with Crippen LogP contribution in [0.15, 0.2) is 24.3 Å². The molecule has 4 heteroatoms. The Bertz CT molecular complexity index is 422. The molecule has 1 atom stereocenters. The maximum absolute atomic E-state index is 11.6. The van der Waals surface area contributed by atoms with E-state index in [1.54, 1.807) is 19.1 Å². The van der Waals surface area contributed by atoms with Crippen LogP contribution in [-0.2, 0) is 14.3 Å². The van der Waals surface area contributed by atoms with Gasteiger partial charge in [0.2, 0.25) is 0 Å². The Kier molecular flexibility index (Phi) is 6.06. The van der Waals surface area contributed by atoms with E-state index in [0.29, 0.717) is 5.56 Å². The summed E-state index contributed by atoms with van der Waals surface area (Å²) in [5.41, 5.74) is 1.58. The minimum absolute atomic E-state index is 0.0783. The number of hydrogen-bond donors (Lipinski definition) is 0. The van der Waals surface area contributed by atoms with Crippen molar-refractivity contribution >= 4 is 11.9 Å². The van der Waals surface area contributed by atoms with Crippen LogP contribution in [0, 0.1) is 12.8 Å². The van der Waals surface area contributed by atoms with Gasteiger partial charge in [-0.2, -0.15) is 0 Å². The molecule has 0 aliphatic carbocycles. The Morgan fingerprint density at radius 2 is 1.68 bits per heavy atom. The molecule has 0 radical (unpaired) electrons. The van der Waals surface area contributed by atoms with Gasteiger partial charge in [0.05, 0.1) is 11.5 Å². The lowest BCUT2D eigenvalue weighted by Gasteiger charge is -2.09. The minimum Gasteiger partial charge on any atom is -0.462 e. The van der Waals surface area contributed by atoms with Crippen molar-refractivity contribution in [3.05, 3.63) is 35.4 Å². The maximum Gasteiger partial charge on any atom is 0.338 e. The first-order valence-electron chi connectivity index (χ1n) is 6.45. The molecule has 1 unspecified atom stereocenters. The molecule has 0 saturated heterocycles. The van der Waals surface area contributed by atoms with Crippen molar-refractivity contribution in [3.8, 4) is 0 Å². The third-order valence-corrected chi connectivity index (χ3v) is 2.86. The van der Waals surface area contributed by atoms with Crippen LogP contribution in [0.5, 0.6) is 0 Å². The quantitative estimate of drug-likeness (QED) is 0.585. The molecule has 0 amide bonds. The van der Waals surface area contributed by atoms with Gasteiger partial charge in [-0.1, -0.05) is 31.5 Å². The van der Waals surface area contributed by atoms with Gasteiger partial charge in [0.1, 0.15) is 13.2 Å². The van der Waals surface area contributed by atoms with Gasteiger partial charge in [0.25, 0.3) is 0 Å². The highest BCUT2D eigenvalue weighted by Gasteiger charge is 2.12. The van der Waals surface area contributed by atoms with Gasteiger partial charge in [-0.3, -0.25) is 4.79 Å². The molecule has 1 aromatic rings. The van der Waals surface area contributed by atoms with Crippen LogP contribution in [-0.4, -0.2) is 25.2 Å². The first kappa shape index (κ1) is 15.2. The second-order valence-corrected chi connectivity index (χ2v) is 4.48. The second-order valence-electron chi connectivity index (χ2n) is 4.48. The van der Waals surface area contributed by atoms with Gasteiger partial charge in [0.15, 0.2) is 0 Å². The zero-order valence-electron chi connectivity index (χ0n) is 11.6. The Morgan fingerprint density at radius 3 is 2.26 bits per heavy atom. The second kappa shape index (κ2) is 7.56. The number of ether oxygens (including phenoxy) is 2. The lowest BCUT2D eigenvalue weighted by atomic mass is 10.1. The molecule has 104 valence electrons. The summed E-state index contributed by atoms with van der Waals surface area (Å²) >= 11 is 0. The zero-order valence-corrected chi connectivity index (χ0v) is 11.6. The van der Waals surface area contributed by atoms with Gasteiger partial charge >= 0.3 is 11.9 Å². The number of esters is 2. The average molecular weight is 264 g/mol. The zero-order chi connectivity index (χ0) is 14.3. The number of rotatable bonds is 6. The van der Waals surface area contributed by atoms with E-state index in [1.165, 1.54) is 0 Å². The van der Waals surface area contributed by atoms with Crippen LogP contribution in [0.1, 0.15) is 36.2 Å². The molecule has 0 bridgehead atoms. The topological polar surface area (TPSA) is 52.6 Å². The normalized spacial score (nSPS) is 11.7. The fourth-order valence-corrected chi connectivity index (χ4v) is 1.36. The molecule has 0 N–H and O–H groups in total. The molecule has 0 saturated carbocycles. The molecule has 0 aromatic heterocycles. The molecule has 4 nitrogen and oxygen atoms in total. The Balaban J connectivity index is 2.28. The van der Waals surface area contributed by atoms with Gasteiger partial charge in [-0.15, -0.1) is 0 Å². The van der Waals surface area contributed by atoms with Crippen molar-refractivity contribution < 1.29 is 19.1 Å². The van der Waals surface area contributed by atoms with Crippen LogP contribution in [0.3, 0.4) is 0 Å². The predicted octanol–water partition coefficient (Wildman–Crippen LogP) is 2.74. The summed E-state index contributed by atoms with van der Waals surface area (Å²) in [6.45, 7) is 5.85. The molecule has 0 spiro atoms. The first-order chi connectivity index (χ1) is 9.04. The lowest BCUT2D eigenvalue weighted by Crippen LogP contribution is -2.18. The molecule has 1 aromatic carbocycles. The molecule has 0 aliphatic heterocycles. The summed E-state index contributed by atoms with van der Waals surface area (Å²) in [6.07, 6.45) is 0.738. The van der Waals surface area contributed by atoms with E-state index in [4.69, 9.17) is 9.47 Å². The van der Waals surface area contributed by atoms with E-state index in [2.05, 4.69) is 0 Å². The standard InChI is InChI=1S/C15H20O4/c1-4-12(3)14(16)18-9-10-19-15(17)13-7-5-11(2)6-8-13/h5-8,12H,4,9-10H2,1-3H3. The van der Waals surface area contributed by atoms with E-state index in [1.807, 2.05) is 26.0 Å². The van der Waals surface area contributed by atoms with Crippen LogP contribution in [0.25, 0.3) is 0 Å². The Hall–Kier alpha value is -1.84. The van der Waals surface area contributed by atoms with E-state index in [9.17, 15) is 9.59 Å². The molecular weight excluding hydrogens is 244 g/mol. The van der Waals surface area contributed by atoms with Crippen molar-refractivity contribution in [2.45, 2.75) is 27.2 Å². The molecule has 1 rings (SSSR count). The first-order valence-corrected chi connectivity index (χ1v) is 6.45. The highest BCUT2D eigenvalue weighted by Crippen LogP contribution is 2.05.